The maximum atomic E-state index is 9.75. The van der Waals surface area contributed by atoms with E-state index in [1.54, 1.807) is 0 Å². The molecule has 2 nitrogen and oxygen atoms in total. The molecule has 0 spiro atoms. The first-order valence-electron chi connectivity index (χ1n) is 5.10. The van der Waals surface area contributed by atoms with Gasteiger partial charge in [0.15, 0.2) is 0 Å². The van der Waals surface area contributed by atoms with Crippen molar-refractivity contribution in [2.45, 2.75) is 39.0 Å². The Hall–Kier alpha value is -0.380. The first-order chi connectivity index (χ1) is 6.89. The van der Waals surface area contributed by atoms with Crippen molar-refractivity contribution in [3.8, 4) is 0 Å². The number of halogens is 1. The first kappa shape index (κ1) is 12.7. The molecule has 1 rings (SSSR count). The molecule has 1 aromatic carbocycles. The van der Waals surface area contributed by atoms with Gasteiger partial charge in [-0.2, -0.15) is 0 Å². The van der Waals surface area contributed by atoms with Gasteiger partial charge in [-0.3, -0.25) is 0 Å². The van der Waals surface area contributed by atoms with E-state index in [0.717, 1.165) is 11.0 Å². The molecule has 0 saturated heterocycles. The predicted octanol–water partition coefficient (Wildman–Crippen LogP) is 2.70. The van der Waals surface area contributed by atoms with Crippen molar-refractivity contribution in [2.24, 2.45) is 0 Å². The van der Waals surface area contributed by atoms with E-state index in [9.17, 15) is 5.11 Å². The smallest absolute Gasteiger partial charge is 0.0741 e. The maximum Gasteiger partial charge on any atom is 0.0741 e. The summed E-state index contributed by atoms with van der Waals surface area (Å²) in [6.07, 6.45) is 0. The van der Waals surface area contributed by atoms with Crippen LogP contribution in [0.15, 0.2) is 28.7 Å². The van der Waals surface area contributed by atoms with Crippen LogP contribution in [0.5, 0.6) is 0 Å². The van der Waals surface area contributed by atoms with E-state index in [1.807, 2.05) is 32.9 Å². The van der Waals surface area contributed by atoms with Gasteiger partial charge in [0.05, 0.1) is 5.60 Å². The van der Waals surface area contributed by atoms with Crippen molar-refractivity contribution in [1.29, 1.82) is 0 Å². The third kappa shape index (κ3) is 4.33. The highest BCUT2D eigenvalue weighted by molar-refractivity contribution is 9.10. The van der Waals surface area contributed by atoms with E-state index in [4.69, 9.17) is 0 Å². The molecule has 0 aliphatic carbocycles. The van der Waals surface area contributed by atoms with Gasteiger partial charge in [-0.1, -0.05) is 28.1 Å². The summed E-state index contributed by atoms with van der Waals surface area (Å²) in [6.45, 7) is 6.37. The molecule has 0 radical (unpaired) electrons. The summed E-state index contributed by atoms with van der Waals surface area (Å²) in [7, 11) is 0. The van der Waals surface area contributed by atoms with Gasteiger partial charge in [-0.15, -0.1) is 0 Å². The Labute approximate surface area is 99.8 Å². The normalized spacial score (nSPS) is 13.9. The molecule has 3 heteroatoms. The Morgan fingerprint density at radius 3 is 2.67 bits per heavy atom. The van der Waals surface area contributed by atoms with Crippen LogP contribution in [0.1, 0.15) is 26.3 Å². The van der Waals surface area contributed by atoms with Crippen LogP contribution in [-0.4, -0.2) is 16.7 Å². The lowest BCUT2D eigenvalue weighted by Crippen LogP contribution is -2.44. The number of benzene rings is 1. The number of rotatable bonds is 4. The molecule has 84 valence electrons. The van der Waals surface area contributed by atoms with E-state index in [-0.39, 0.29) is 6.04 Å². The topological polar surface area (TPSA) is 32.3 Å². The third-order valence-electron chi connectivity index (χ3n) is 2.56. The molecular formula is C12H18BrNO. The van der Waals surface area contributed by atoms with E-state index in [0.29, 0.717) is 0 Å². The predicted molar refractivity (Wildman–Crippen MR) is 66.7 cm³/mol. The zero-order chi connectivity index (χ0) is 11.5. The molecule has 15 heavy (non-hydrogen) atoms. The van der Waals surface area contributed by atoms with E-state index in [2.05, 4.69) is 33.4 Å². The molecule has 0 aromatic heterocycles. The lowest BCUT2D eigenvalue weighted by atomic mass is 10.0. The van der Waals surface area contributed by atoms with Crippen molar-refractivity contribution in [3.63, 3.8) is 0 Å². The minimum absolute atomic E-state index is 0.0662. The Kier molecular flexibility index (Phi) is 4.32. The molecule has 0 aliphatic heterocycles. The van der Waals surface area contributed by atoms with Crippen LogP contribution >= 0.6 is 15.9 Å². The second-order valence-electron chi connectivity index (χ2n) is 4.39. The standard InChI is InChI=1S/C12H18BrNO/c1-9(12(2,3)15)14-8-10-5-4-6-11(13)7-10/h4-7,9,14-15H,8H2,1-3H3. The number of nitrogens with one attached hydrogen (secondary N) is 1. The molecule has 0 fully saturated rings. The van der Waals surface area contributed by atoms with Crippen molar-refractivity contribution in [2.75, 3.05) is 0 Å². The minimum atomic E-state index is -0.688. The largest absolute Gasteiger partial charge is 0.389 e. The van der Waals surface area contributed by atoms with Gasteiger partial charge in [0.2, 0.25) is 0 Å². The lowest BCUT2D eigenvalue weighted by Gasteiger charge is -2.26. The van der Waals surface area contributed by atoms with Crippen molar-refractivity contribution in [1.82, 2.24) is 5.32 Å². The molecule has 0 amide bonds. The van der Waals surface area contributed by atoms with Crippen LogP contribution in [0, 0.1) is 0 Å². The lowest BCUT2D eigenvalue weighted by molar-refractivity contribution is 0.0437. The molecule has 0 aliphatic rings. The van der Waals surface area contributed by atoms with Crippen molar-refractivity contribution < 1.29 is 5.11 Å². The number of aliphatic hydroxyl groups is 1. The average molecular weight is 272 g/mol. The van der Waals surface area contributed by atoms with Crippen LogP contribution in [0.4, 0.5) is 0 Å². The summed E-state index contributed by atoms with van der Waals surface area (Å²) in [5, 5.41) is 13.0. The summed E-state index contributed by atoms with van der Waals surface area (Å²) in [5.41, 5.74) is 0.520. The van der Waals surface area contributed by atoms with Crippen LogP contribution in [0.25, 0.3) is 0 Å². The molecule has 1 unspecified atom stereocenters. The monoisotopic (exact) mass is 271 g/mol. The molecule has 0 heterocycles. The quantitative estimate of drug-likeness (QED) is 0.883. The zero-order valence-electron chi connectivity index (χ0n) is 9.42. The average Bonchev–Trinajstić information content (AvgIpc) is 2.12. The second-order valence-corrected chi connectivity index (χ2v) is 5.30. The van der Waals surface area contributed by atoms with Gasteiger partial charge in [0.1, 0.15) is 0 Å². The SMILES string of the molecule is CC(NCc1cccc(Br)c1)C(C)(C)O. The van der Waals surface area contributed by atoms with Gasteiger partial charge < -0.3 is 10.4 Å². The Morgan fingerprint density at radius 1 is 1.47 bits per heavy atom. The highest BCUT2D eigenvalue weighted by Crippen LogP contribution is 2.13. The Balaban J connectivity index is 2.51. The minimum Gasteiger partial charge on any atom is -0.389 e. The summed E-state index contributed by atoms with van der Waals surface area (Å²) >= 11 is 3.43. The number of hydrogen-bond donors (Lipinski definition) is 2. The summed E-state index contributed by atoms with van der Waals surface area (Å²) in [5.74, 6) is 0. The van der Waals surface area contributed by atoms with Crippen LogP contribution in [0.2, 0.25) is 0 Å². The van der Waals surface area contributed by atoms with E-state index < -0.39 is 5.60 Å². The summed E-state index contributed by atoms with van der Waals surface area (Å²) < 4.78 is 1.08. The van der Waals surface area contributed by atoms with Crippen LogP contribution < -0.4 is 5.32 Å². The summed E-state index contributed by atoms with van der Waals surface area (Å²) in [6, 6.07) is 8.22. The van der Waals surface area contributed by atoms with Gasteiger partial charge in [0, 0.05) is 17.1 Å². The Morgan fingerprint density at radius 2 is 2.13 bits per heavy atom. The van der Waals surface area contributed by atoms with Crippen molar-refractivity contribution >= 4 is 15.9 Å². The number of hydrogen-bond acceptors (Lipinski definition) is 2. The van der Waals surface area contributed by atoms with Gasteiger partial charge >= 0.3 is 0 Å². The van der Waals surface area contributed by atoms with Gasteiger partial charge in [-0.05, 0) is 38.5 Å². The highest BCUT2D eigenvalue weighted by Gasteiger charge is 2.21. The molecular weight excluding hydrogens is 254 g/mol. The Bertz CT molecular complexity index is 320. The fourth-order valence-electron chi connectivity index (χ4n) is 1.17. The van der Waals surface area contributed by atoms with Gasteiger partial charge in [-0.25, -0.2) is 0 Å². The molecule has 1 aromatic rings. The zero-order valence-corrected chi connectivity index (χ0v) is 11.0. The van der Waals surface area contributed by atoms with Crippen LogP contribution in [0.3, 0.4) is 0 Å². The first-order valence-corrected chi connectivity index (χ1v) is 5.89. The molecule has 1 atom stereocenters. The van der Waals surface area contributed by atoms with Gasteiger partial charge in [0.25, 0.3) is 0 Å². The summed E-state index contributed by atoms with van der Waals surface area (Å²) in [4.78, 5) is 0. The van der Waals surface area contributed by atoms with Crippen LogP contribution in [-0.2, 0) is 6.54 Å². The van der Waals surface area contributed by atoms with E-state index >= 15 is 0 Å². The third-order valence-corrected chi connectivity index (χ3v) is 3.05. The van der Waals surface area contributed by atoms with Crippen molar-refractivity contribution in [3.05, 3.63) is 34.3 Å². The highest BCUT2D eigenvalue weighted by atomic mass is 79.9. The fraction of sp³-hybridized carbons (Fsp3) is 0.500. The second kappa shape index (κ2) is 5.10. The molecule has 2 N–H and O–H groups in total. The molecule has 0 bridgehead atoms. The maximum absolute atomic E-state index is 9.75. The van der Waals surface area contributed by atoms with E-state index in [1.165, 1.54) is 5.56 Å². The fourth-order valence-corrected chi connectivity index (χ4v) is 1.61. The molecule has 0 saturated carbocycles.